The Morgan fingerprint density at radius 2 is 1.75 bits per heavy atom. The highest BCUT2D eigenvalue weighted by molar-refractivity contribution is 9.10. The number of ether oxygens (including phenoxy) is 3. The first-order valence-corrected chi connectivity index (χ1v) is 5.58. The number of rotatable bonds is 4. The maximum atomic E-state index is 11.5. The number of hydrogen-bond acceptors (Lipinski definition) is 4. The van der Waals surface area contributed by atoms with Crippen molar-refractivity contribution in [2.24, 2.45) is 0 Å². The van der Waals surface area contributed by atoms with Gasteiger partial charge in [-0.05, 0) is 19.1 Å². The summed E-state index contributed by atoms with van der Waals surface area (Å²) in [5.74, 6) is 0.813. The third kappa shape index (κ3) is 2.88. The van der Waals surface area contributed by atoms with Crippen molar-refractivity contribution in [3.05, 3.63) is 18.2 Å². The SMILES string of the molecule is COc1cccc(OC)c1OC(=O)[C@H](C)Br. The lowest BCUT2D eigenvalue weighted by atomic mass is 10.3. The third-order valence-electron chi connectivity index (χ3n) is 1.91. The summed E-state index contributed by atoms with van der Waals surface area (Å²) in [5, 5.41) is 0. The molecule has 1 atom stereocenters. The third-order valence-corrected chi connectivity index (χ3v) is 2.28. The molecule has 0 heterocycles. The second-order valence-electron chi connectivity index (χ2n) is 3.03. The first kappa shape index (κ1) is 12.8. The molecule has 1 aromatic rings. The van der Waals surface area contributed by atoms with Gasteiger partial charge in [-0.3, -0.25) is 4.79 Å². The molecule has 0 bridgehead atoms. The van der Waals surface area contributed by atoms with Crippen LogP contribution in [0.2, 0.25) is 0 Å². The molecule has 0 aliphatic heterocycles. The number of alkyl halides is 1. The van der Waals surface area contributed by atoms with Crippen molar-refractivity contribution in [1.82, 2.24) is 0 Å². The second kappa shape index (κ2) is 5.75. The van der Waals surface area contributed by atoms with Crippen LogP contribution in [0.3, 0.4) is 0 Å². The van der Waals surface area contributed by atoms with Crippen molar-refractivity contribution in [3.63, 3.8) is 0 Å². The van der Waals surface area contributed by atoms with Crippen LogP contribution in [0.25, 0.3) is 0 Å². The van der Waals surface area contributed by atoms with Crippen molar-refractivity contribution >= 4 is 21.9 Å². The van der Waals surface area contributed by atoms with Crippen LogP contribution >= 0.6 is 15.9 Å². The lowest BCUT2D eigenvalue weighted by molar-refractivity contribution is -0.133. The van der Waals surface area contributed by atoms with Crippen molar-refractivity contribution in [2.75, 3.05) is 14.2 Å². The number of hydrogen-bond donors (Lipinski definition) is 0. The molecule has 0 aromatic heterocycles. The van der Waals surface area contributed by atoms with Gasteiger partial charge < -0.3 is 14.2 Å². The quantitative estimate of drug-likeness (QED) is 0.485. The van der Waals surface area contributed by atoms with E-state index in [1.54, 1.807) is 25.1 Å². The zero-order chi connectivity index (χ0) is 12.1. The molecule has 0 spiro atoms. The summed E-state index contributed by atoms with van der Waals surface area (Å²) < 4.78 is 15.4. The van der Waals surface area contributed by atoms with Crippen LogP contribution in [-0.4, -0.2) is 25.0 Å². The van der Waals surface area contributed by atoms with E-state index in [1.165, 1.54) is 14.2 Å². The predicted octanol–water partition coefficient (Wildman–Crippen LogP) is 2.39. The fourth-order valence-electron chi connectivity index (χ4n) is 1.10. The van der Waals surface area contributed by atoms with Crippen LogP contribution in [0.4, 0.5) is 0 Å². The molecule has 88 valence electrons. The van der Waals surface area contributed by atoms with Crippen LogP contribution in [0.1, 0.15) is 6.92 Å². The minimum Gasteiger partial charge on any atom is -0.493 e. The van der Waals surface area contributed by atoms with E-state index in [2.05, 4.69) is 15.9 Å². The highest BCUT2D eigenvalue weighted by Crippen LogP contribution is 2.37. The van der Waals surface area contributed by atoms with Gasteiger partial charge in [0.2, 0.25) is 5.75 Å². The molecular weight excluding hydrogens is 276 g/mol. The molecule has 4 nitrogen and oxygen atoms in total. The second-order valence-corrected chi connectivity index (χ2v) is 4.40. The highest BCUT2D eigenvalue weighted by atomic mass is 79.9. The zero-order valence-electron chi connectivity index (χ0n) is 9.32. The summed E-state index contributed by atoms with van der Waals surface area (Å²) in [5.41, 5.74) is 0. The lowest BCUT2D eigenvalue weighted by Gasteiger charge is -2.13. The number of benzene rings is 1. The Labute approximate surface area is 103 Å². The molecule has 0 radical (unpaired) electrons. The Kier molecular flexibility index (Phi) is 4.61. The standard InChI is InChI=1S/C11H13BrO4/c1-7(12)11(13)16-10-8(14-2)5-4-6-9(10)15-3/h4-7H,1-3H3/t7-/m0/s1. The first-order valence-electron chi connectivity index (χ1n) is 4.67. The molecule has 0 saturated heterocycles. The van der Waals surface area contributed by atoms with Gasteiger partial charge in [-0.1, -0.05) is 22.0 Å². The van der Waals surface area contributed by atoms with Gasteiger partial charge in [0.05, 0.1) is 14.2 Å². The monoisotopic (exact) mass is 288 g/mol. The number of para-hydroxylation sites is 1. The van der Waals surface area contributed by atoms with Gasteiger partial charge in [-0.25, -0.2) is 0 Å². The maximum Gasteiger partial charge on any atom is 0.325 e. The van der Waals surface area contributed by atoms with E-state index in [1.807, 2.05) is 0 Å². The Morgan fingerprint density at radius 1 is 1.25 bits per heavy atom. The van der Waals surface area contributed by atoms with Crippen molar-refractivity contribution in [2.45, 2.75) is 11.8 Å². The maximum absolute atomic E-state index is 11.5. The fraction of sp³-hybridized carbons (Fsp3) is 0.364. The van der Waals surface area contributed by atoms with Gasteiger partial charge in [-0.2, -0.15) is 0 Å². The highest BCUT2D eigenvalue weighted by Gasteiger charge is 2.18. The van der Waals surface area contributed by atoms with Crippen molar-refractivity contribution in [3.8, 4) is 17.2 Å². The smallest absolute Gasteiger partial charge is 0.325 e. The van der Waals surface area contributed by atoms with E-state index in [4.69, 9.17) is 14.2 Å². The molecule has 0 saturated carbocycles. The van der Waals surface area contributed by atoms with Gasteiger partial charge in [0.25, 0.3) is 0 Å². The summed E-state index contributed by atoms with van der Waals surface area (Å²) in [6.45, 7) is 1.68. The summed E-state index contributed by atoms with van der Waals surface area (Å²) in [6.07, 6.45) is 0. The Bertz CT molecular complexity index is 354. The molecule has 1 rings (SSSR count). The average Bonchev–Trinajstić information content (AvgIpc) is 2.29. The molecule has 5 heteroatoms. The van der Waals surface area contributed by atoms with Crippen LogP contribution in [0.15, 0.2) is 18.2 Å². The molecule has 0 aliphatic carbocycles. The Balaban J connectivity index is 3.04. The Morgan fingerprint density at radius 3 is 2.12 bits per heavy atom. The minimum atomic E-state index is -0.400. The van der Waals surface area contributed by atoms with Gasteiger partial charge in [0, 0.05) is 0 Å². The molecule has 0 amide bonds. The minimum absolute atomic E-state index is 0.295. The van der Waals surface area contributed by atoms with E-state index in [0.717, 1.165) is 0 Å². The lowest BCUT2D eigenvalue weighted by Crippen LogP contribution is -2.17. The van der Waals surface area contributed by atoms with Gasteiger partial charge >= 0.3 is 5.97 Å². The molecule has 0 aliphatic rings. The number of carbonyl (C=O) groups excluding carboxylic acids is 1. The summed E-state index contributed by atoms with van der Waals surface area (Å²) in [6, 6.07) is 5.15. The van der Waals surface area contributed by atoms with Crippen LogP contribution in [0.5, 0.6) is 17.2 Å². The topological polar surface area (TPSA) is 44.8 Å². The van der Waals surface area contributed by atoms with E-state index in [9.17, 15) is 4.79 Å². The number of halogens is 1. The molecule has 16 heavy (non-hydrogen) atoms. The Hall–Kier alpha value is -1.23. The zero-order valence-corrected chi connectivity index (χ0v) is 10.9. The molecular formula is C11H13BrO4. The van der Waals surface area contributed by atoms with Gasteiger partial charge in [0.1, 0.15) is 4.83 Å². The van der Waals surface area contributed by atoms with Gasteiger partial charge in [0.15, 0.2) is 11.5 Å². The summed E-state index contributed by atoms with van der Waals surface area (Å²) in [4.78, 5) is 11.1. The van der Waals surface area contributed by atoms with E-state index in [0.29, 0.717) is 17.2 Å². The van der Waals surface area contributed by atoms with Gasteiger partial charge in [-0.15, -0.1) is 0 Å². The number of esters is 1. The molecule has 1 aromatic carbocycles. The summed E-state index contributed by atoms with van der Waals surface area (Å²) in [7, 11) is 3.01. The predicted molar refractivity (Wildman–Crippen MR) is 63.6 cm³/mol. The van der Waals surface area contributed by atoms with Crippen molar-refractivity contribution < 1.29 is 19.0 Å². The fourth-order valence-corrected chi connectivity index (χ4v) is 1.19. The van der Waals surface area contributed by atoms with Crippen LogP contribution in [-0.2, 0) is 4.79 Å². The molecule has 0 N–H and O–H groups in total. The average molecular weight is 289 g/mol. The van der Waals surface area contributed by atoms with E-state index in [-0.39, 0.29) is 4.83 Å². The van der Waals surface area contributed by atoms with E-state index >= 15 is 0 Å². The number of methoxy groups -OCH3 is 2. The largest absolute Gasteiger partial charge is 0.493 e. The first-order chi connectivity index (χ1) is 7.60. The molecule has 0 fully saturated rings. The van der Waals surface area contributed by atoms with Crippen molar-refractivity contribution in [1.29, 1.82) is 0 Å². The van der Waals surface area contributed by atoms with Crippen LogP contribution < -0.4 is 14.2 Å². The molecule has 0 unspecified atom stereocenters. The van der Waals surface area contributed by atoms with Crippen LogP contribution in [0, 0.1) is 0 Å². The number of carbonyl (C=O) groups is 1. The normalized spacial score (nSPS) is 11.8. The summed E-state index contributed by atoms with van der Waals surface area (Å²) >= 11 is 3.13. The van der Waals surface area contributed by atoms with E-state index < -0.39 is 5.97 Å².